The lowest BCUT2D eigenvalue weighted by atomic mass is 10.2. The zero-order valence-electron chi connectivity index (χ0n) is 16.7. The average Bonchev–Trinajstić information content (AvgIpc) is 3.24. The van der Waals surface area contributed by atoms with Crippen LogP contribution in [0.1, 0.15) is 17.0 Å². The molecule has 0 aliphatic rings. The molecule has 4 rings (SSSR count). The lowest BCUT2D eigenvalue weighted by molar-refractivity contribution is 0.483. The summed E-state index contributed by atoms with van der Waals surface area (Å²) in [6, 6.07) is 15.2. The van der Waals surface area contributed by atoms with Gasteiger partial charge in [0.1, 0.15) is 11.8 Å². The van der Waals surface area contributed by atoms with Gasteiger partial charge in [0.05, 0.1) is 4.90 Å². The molecule has 31 heavy (non-hydrogen) atoms. The smallest absolute Gasteiger partial charge is 0.282 e. The number of H-pyrrole nitrogens is 1. The fraction of sp³-hybridized carbons (Fsp3) is 0.0952. The molecule has 9 nitrogen and oxygen atoms in total. The highest BCUT2D eigenvalue weighted by Crippen LogP contribution is 2.20. The van der Waals surface area contributed by atoms with Crippen molar-refractivity contribution in [3.63, 3.8) is 0 Å². The maximum absolute atomic E-state index is 10.5. The summed E-state index contributed by atoms with van der Waals surface area (Å²) >= 11 is 0. The highest BCUT2D eigenvalue weighted by Gasteiger charge is 2.09. The van der Waals surface area contributed by atoms with Crippen LogP contribution in [0.25, 0.3) is 22.8 Å². The van der Waals surface area contributed by atoms with Gasteiger partial charge in [-0.2, -0.15) is 18.8 Å². The van der Waals surface area contributed by atoms with Crippen molar-refractivity contribution in [2.24, 2.45) is 0 Å². The van der Waals surface area contributed by atoms with E-state index in [0.717, 1.165) is 22.4 Å². The normalized spacial score (nSPS) is 10.6. The van der Waals surface area contributed by atoms with Gasteiger partial charge in [-0.15, -0.1) is 0 Å². The molecule has 0 bridgehead atoms. The van der Waals surface area contributed by atoms with E-state index in [1.54, 1.807) is 36.7 Å². The summed E-state index contributed by atoms with van der Waals surface area (Å²) in [5.74, 6) is 1.20. The van der Waals surface area contributed by atoms with Gasteiger partial charge in [-0.1, -0.05) is 17.7 Å². The minimum atomic E-state index is -4.02. The summed E-state index contributed by atoms with van der Waals surface area (Å²) in [5, 5.41) is 15.9. The quantitative estimate of drug-likeness (QED) is 0.467. The molecule has 156 valence electrons. The van der Waals surface area contributed by atoms with Gasteiger partial charge in [0.2, 0.25) is 0 Å². The monoisotopic (exact) mass is 434 g/mol. The van der Waals surface area contributed by atoms with Crippen molar-refractivity contribution in [2.75, 3.05) is 0 Å². The van der Waals surface area contributed by atoms with Crippen molar-refractivity contribution in [1.29, 1.82) is 5.26 Å². The Bertz CT molecular complexity index is 1340. The zero-order chi connectivity index (χ0) is 22.4. The summed E-state index contributed by atoms with van der Waals surface area (Å²) in [5.41, 5.74) is 3.89. The van der Waals surface area contributed by atoms with Crippen LogP contribution in [0.2, 0.25) is 0 Å². The van der Waals surface area contributed by atoms with Crippen molar-refractivity contribution in [3.8, 4) is 28.8 Å². The van der Waals surface area contributed by atoms with Crippen LogP contribution >= 0.6 is 0 Å². The maximum atomic E-state index is 10.5. The van der Waals surface area contributed by atoms with E-state index in [2.05, 4.69) is 25.1 Å². The summed E-state index contributed by atoms with van der Waals surface area (Å²) < 4.78 is 29.6. The number of aryl methyl sites for hydroxylation is 2. The molecule has 0 saturated carbocycles. The van der Waals surface area contributed by atoms with Crippen molar-refractivity contribution >= 4 is 10.1 Å². The standard InChI is InChI=1S/C14H10N6.C7H8O3S/c1-9-6-10(2-4-16-9)13-18-14(20-19-13)11-3-5-17-12(7-11)8-15;1-6-2-4-7(5-3-6)11(8,9)10/h2-7H,1H3,(H,18,19,20);2-5H,1H3,(H,8,9,10). The molecule has 0 spiro atoms. The predicted octanol–water partition coefficient (Wildman–Crippen LogP) is 3.35. The minimum absolute atomic E-state index is 0.0666. The van der Waals surface area contributed by atoms with Gasteiger partial charge < -0.3 is 0 Å². The summed E-state index contributed by atoms with van der Waals surface area (Å²) in [6.45, 7) is 3.76. The largest absolute Gasteiger partial charge is 0.294 e. The molecule has 0 fully saturated rings. The van der Waals surface area contributed by atoms with Crippen LogP contribution in [0.15, 0.2) is 65.8 Å². The lowest BCUT2D eigenvalue weighted by Crippen LogP contribution is -1.96. The van der Waals surface area contributed by atoms with Crippen LogP contribution in [0.3, 0.4) is 0 Å². The third-order valence-corrected chi connectivity index (χ3v) is 4.97. The second-order valence-corrected chi connectivity index (χ2v) is 7.94. The second-order valence-electron chi connectivity index (χ2n) is 6.52. The summed E-state index contributed by atoms with van der Waals surface area (Å²) in [4.78, 5) is 12.4. The van der Waals surface area contributed by atoms with E-state index >= 15 is 0 Å². The average molecular weight is 434 g/mol. The molecule has 3 aromatic heterocycles. The molecule has 0 unspecified atom stereocenters. The van der Waals surface area contributed by atoms with Crippen molar-refractivity contribution < 1.29 is 13.0 Å². The number of aromatic nitrogens is 5. The number of nitrogens with zero attached hydrogens (tertiary/aromatic N) is 5. The molecular weight excluding hydrogens is 416 g/mol. The Balaban J connectivity index is 0.000000210. The number of nitrogens with one attached hydrogen (secondary N) is 1. The van der Waals surface area contributed by atoms with Gasteiger partial charge in [-0.3, -0.25) is 14.6 Å². The van der Waals surface area contributed by atoms with Gasteiger partial charge in [-0.05, 0) is 50.2 Å². The fourth-order valence-corrected chi connectivity index (χ4v) is 3.03. The number of pyridine rings is 2. The maximum Gasteiger partial charge on any atom is 0.294 e. The number of nitriles is 1. The molecule has 0 amide bonds. The van der Waals surface area contributed by atoms with Crippen molar-refractivity contribution in [1.82, 2.24) is 25.1 Å². The van der Waals surface area contributed by atoms with E-state index in [9.17, 15) is 8.42 Å². The zero-order valence-corrected chi connectivity index (χ0v) is 17.5. The third-order valence-electron chi connectivity index (χ3n) is 4.11. The highest BCUT2D eigenvalue weighted by molar-refractivity contribution is 7.85. The predicted molar refractivity (Wildman–Crippen MR) is 113 cm³/mol. The molecular formula is C21H18N6O3S. The van der Waals surface area contributed by atoms with Crippen LogP contribution in [0.5, 0.6) is 0 Å². The molecule has 0 atom stereocenters. The molecule has 0 radical (unpaired) electrons. The van der Waals surface area contributed by atoms with Crippen LogP contribution in [-0.4, -0.2) is 38.1 Å². The van der Waals surface area contributed by atoms with Crippen LogP contribution < -0.4 is 0 Å². The fourth-order valence-electron chi connectivity index (χ4n) is 2.55. The lowest BCUT2D eigenvalue weighted by Gasteiger charge is -1.96. The SMILES string of the molecule is Cc1cc(-c2n[nH]c(-c3ccnc(C#N)c3)n2)ccn1.Cc1ccc(S(=O)(=O)O)cc1. The second kappa shape index (κ2) is 9.25. The molecule has 3 heterocycles. The van der Waals surface area contributed by atoms with E-state index in [0.29, 0.717) is 17.3 Å². The number of aromatic amines is 1. The van der Waals surface area contributed by atoms with E-state index < -0.39 is 10.1 Å². The molecule has 0 aliphatic heterocycles. The van der Waals surface area contributed by atoms with Crippen molar-refractivity contribution in [3.05, 3.63) is 77.9 Å². The van der Waals surface area contributed by atoms with Crippen LogP contribution in [0, 0.1) is 25.2 Å². The van der Waals surface area contributed by atoms with Crippen LogP contribution in [-0.2, 0) is 10.1 Å². The number of hydrogen-bond donors (Lipinski definition) is 2. The molecule has 0 aliphatic carbocycles. The van der Waals surface area contributed by atoms with E-state index in [1.807, 2.05) is 32.0 Å². The minimum Gasteiger partial charge on any atom is -0.282 e. The summed E-state index contributed by atoms with van der Waals surface area (Å²) in [6.07, 6.45) is 3.30. The number of hydrogen-bond acceptors (Lipinski definition) is 7. The highest BCUT2D eigenvalue weighted by atomic mass is 32.2. The van der Waals surface area contributed by atoms with Crippen molar-refractivity contribution in [2.45, 2.75) is 18.7 Å². The molecule has 2 N–H and O–H groups in total. The van der Waals surface area contributed by atoms with E-state index in [1.165, 1.54) is 12.1 Å². The van der Waals surface area contributed by atoms with Gasteiger partial charge in [-0.25, -0.2) is 9.97 Å². The first kappa shape index (κ1) is 21.8. The number of benzene rings is 1. The van der Waals surface area contributed by atoms with Gasteiger partial charge in [0.25, 0.3) is 10.1 Å². The van der Waals surface area contributed by atoms with Gasteiger partial charge in [0.15, 0.2) is 11.6 Å². The van der Waals surface area contributed by atoms with E-state index in [-0.39, 0.29) is 4.90 Å². The third kappa shape index (κ3) is 5.79. The Morgan fingerprint density at radius 2 is 1.65 bits per heavy atom. The summed E-state index contributed by atoms with van der Waals surface area (Å²) in [7, 11) is -4.02. The van der Waals surface area contributed by atoms with Crippen LogP contribution in [0.4, 0.5) is 0 Å². The topological polar surface area (TPSA) is 146 Å². The molecule has 1 aromatic carbocycles. The Morgan fingerprint density at radius 1 is 0.968 bits per heavy atom. The Morgan fingerprint density at radius 3 is 2.29 bits per heavy atom. The first-order chi connectivity index (χ1) is 14.8. The van der Waals surface area contributed by atoms with E-state index in [4.69, 9.17) is 9.81 Å². The molecule has 10 heteroatoms. The Labute approximate surface area is 179 Å². The molecule has 0 saturated heterocycles. The molecule has 4 aromatic rings. The van der Waals surface area contributed by atoms with Gasteiger partial charge in [0, 0.05) is 29.2 Å². The van der Waals surface area contributed by atoms with Gasteiger partial charge >= 0.3 is 0 Å². The number of rotatable bonds is 3. The first-order valence-electron chi connectivity index (χ1n) is 9.02. The Kier molecular flexibility index (Phi) is 6.49. The first-order valence-corrected chi connectivity index (χ1v) is 10.5. The Hall–Kier alpha value is -3.94.